The summed E-state index contributed by atoms with van der Waals surface area (Å²) in [5.41, 5.74) is 0.00233. The molecule has 1 aromatic carbocycles. The van der Waals surface area contributed by atoms with Gasteiger partial charge in [0.25, 0.3) is 0 Å². The Morgan fingerprint density at radius 3 is 2.50 bits per heavy atom. The number of carboxylic acids is 1. The van der Waals surface area contributed by atoms with Crippen LogP contribution in [0.3, 0.4) is 0 Å². The van der Waals surface area contributed by atoms with E-state index in [4.69, 9.17) is 5.11 Å². The van der Waals surface area contributed by atoms with Crippen LogP contribution in [0.5, 0.6) is 0 Å². The smallest absolute Gasteiger partial charge is 0.416 e. The molecule has 4 nitrogen and oxygen atoms in total. The summed E-state index contributed by atoms with van der Waals surface area (Å²) < 4.78 is 40.2. The third kappa shape index (κ3) is 4.22. The Morgan fingerprint density at radius 2 is 1.91 bits per heavy atom. The Labute approximate surface area is 128 Å². The lowest BCUT2D eigenvalue weighted by Crippen LogP contribution is -2.08. The van der Waals surface area contributed by atoms with Gasteiger partial charge in [-0.3, -0.25) is 4.72 Å². The van der Waals surface area contributed by atoms with E-state index in [0.717, 1.165) is 24.1 Å². The van der Waals surface area contributed by atoms with Crippen molar-refractivity contribution >= 4 is 17.9 Å². The number of aromatic carboxylic acids is 1. The second kappa shape index (κ2) is 6.80. The van der Waals surface area contributed by atoms with Crippen molar-refractivity contribution in [3.05, 3.63) is 59.3 Å². The first-order valence-corrected chi connectivity index (χ1v) is 6.94. The number of halogens is 3. The van der Waals surface area contributed by atoms with Crippen LogP contribution in [0.1, 0.15) is 21.5 Å². The molecule has 1 aromatic heterocycles. The van der Waals surface area contributed by atoms with Crippen LogP contribution in [0, 0.1) is 0 Å². The van der Waals surface area contributed by atoms with Gasteiger partial charge in [-0.05, 0) is 41.8 Å². The molecule has 1 heterocycles. The van der Waals surface area contributed by atoms with Crippen molar-refractivity contribution < 1.29 is 23.1 Å². The standard InChI is InChI=1S/C14H11F3N2O2S/c15-14(16,17)10-5-3-9(4-6-10)8-19-22-12-11(13(20)21)2-1-7-18-12/h1-7,19H,8H2,(H,20,21). The van der Waals surface area contributed by atoms with E-state index in [2.05, 4.69) is 9.71 Å². The topological polar surface area (TPSA) is 62.2 Å². The summed E-state index contributed by atoms with van der Waals surface area (Å²) in [5.74, 6) is -1.09. The fourth-order valence-electron chi connectivity index (χ4n) is 1.63. The third-order valence-electron chi connectivity index (χ3n) is 2.73. The molecule has 0 amide bonds. The number of hydrogen-bond acceptors (Lipinski definition) is 4. The molecule has 22 heavy (non-hydrogen) atoms. The molecule has 0 aliphatic heterocycles. The number of benzene rings is 1. The fraction of sp³-hybridized carbons (Fsp3) is 0.143. The van der Waals surface area contributed by atoms with Gasteiger partial charge in [0, 0.05) is 12.7 Å². The van der Waals surface area contributed by atoms with Crippen LogP contribution in [0.2, 0.25) is 0 Å². The van der Waals surface area contributed by atoms with Gasteiger partial charge in [0.2, 0.25) is 0 Å². The van der Waals surface area contributed by atoms with Crippen molar-refractivity contribution in [1.29, 1.82) is 0 Å². The molecule has 0 aliphatic rings. The molecule has 0 bridgehead atoms. The molecule has 0 saturated carbocycles. The van der Waals surface area contributed by atoms with Crippen molar-refractivity contribution in [2.45, 2.75) is 17.7 Å². The maximum absolute atomic E-state index is 12.4. The van der Waals surface area contributed by atoms with Crippen LogP contribution in [-0.2, 0) is 12.7 Å². The third-order valence-corrected chi connectivity index (χ3v) is 3.54. The van der Waals surface area contributed by atoms with E-state index in [-0.39, 0.29) is 12.1 Å². The number of rotatable bonds is 5. The molecular weight excluding hydrogens is 317 g/mol. The van der Waals surface area contributed by atoms with Crippen molar-refractivity contribution in [2.24, 2.45) is 0 Å². The van der Waals surface area contributed by atoms with Crippen molar-refractivity contribution in [2.75, 3.05) is 0 Å². The van der Waals surface area contributed by atoms with Gasteiger partial charge in [-0.2, -0.15) is 13.2 Å². The Balaban J connectivity index is 1.96. The van der Waals surface area contributed by atoms with E-state index in [9.17, 15) is 18.0 Å². The van der Waals surface area contributed by atoms with E-state index in [1.165, 1.54) is 30.5 Å². The molecule has 2 N–H and O–H groups in total. The summed E-state index contributed by atoms with van der Waals surface area (Å²) in [7, 11) is 0. The quantitative estimate of drug-likeness (QED) is 0.821. The van der Waals surface area contributed by atoms with Crippen LogP contribution >= 0.6 is 11.9 Å². The maximum Gasteiger partial charge on any atom is 0.416 e. The Kier molecular flexibility index (Phi) is 5.04. The normalized spacial score (nSPS) is 11.4. The van der Waals surface area contributed by atoms with E-state index >= 15 is 0 Å². The summed E-state index contributed by atoms with van der Waals surface area (Å²) in [4.78, 5) is 14.9. The number of pyridine rings is 1. The first kappa shape index (κ1) is 16.3. The predicted molar refractivity (Wildman–Crippen MR) is 75.3 cm³/mol. The van der Waals surface area contributed by atoms with Gasteiger partial charge in [-0.1, -0.05) is 12.1 Å². The number of carbonyl (C=O) groups is 1. The lowest BCUT2D eigenvalue weighted by molar-refractivity contribution is -0.137. The zero-order valence-electron chi connectivity index (χ0n) is 11.1. The first-order valence-electron chi connectivity index (χ1n) is 6.12. The summed E-state index contributed by atoms with van der Waals surface area (Å²) >= 11 is 1.02. The van der Waals surface area contributed by atoms with Crippen LogP contribution in [0.4, 0.5) is 13.2 Å². The van der Waals surface area contributed by atoms with Crippen LogP contribution < -0.4 is 4.72 Å². The summed E-state index contributed by atoms with van der Waals surface area (Å²) in [5, 5.41) is 9.29. The van der Waals surface area contributed by atoms with Gasteiger partial charge in [-0.25, -0.2) is 9.78 Å². The largest absolute Gasteiger partial charge is 0.478 e. The minimum atomic E-state index is -4.36. The maximum atomic E-state index is 12.4. The molecule has 0 radical (unpaired) electrons. The monoisotopic (exact) mass is 328 g/mol. The average Bonchev–Trinajstić information content (AvgIpc) is 2.47. The number of nitrogens with zero attached hydrogens (tertiary/aromatic N) is 1. The Bertz CT molecular complexity index is 660. The number of nitrogens with one attached hydrogen (secondary N) is 1. The second-order valence-corrected chi connectivity index (χ2v) is 5.16. The first-order chi connectivity index (χ1) is 10.4. The molecule has 0 fully saturated rings. The Morgan fingerprint density at radius 1 is 1.23 bits per heavy atom. The Hall–Kier alpha value is -2.06. The van der Waals surface area contributed by atoms with Gasteiger partial charge < -0.3 is 5.11 Å². The van der Waals surface area contributed by atoms with Gasteiger partial charge >= 0.3 is 12.1 Å². The zero-order chi connectivity index (χ0) is 16.2. The van der Waals surface area contributed by atoms with Crippen molar-refractivity contribution in [3.63, 3.8) is 0 Å². The predicted octanol–water partition coefficient (Wildman–Crippen LogP) is 3.60. The minimum absolute atomic E-state index is 0.0624. The highest BCUT2D eigenvalue weighted by Crippen LogP contribution is 2.29. The molecule has 0 atom stereocenters. The number of hydrogen-bond donors (Lipinski definition) is 2. The second-order valence-electron chi connectivity index (χ2n) is 4.28. The van der Waals surface area contributed by atoms with Crippen LogP contribution in [-0.4, -0.2) is 16.1 Å². The average molecular weight is 328 g/mol. The highest BCUT2D eigenvalue weighted by Gasteiger charge is 2.29. The van der Waals surface area contributed by atoms with Gasteiger partial charge in [0.1, 0.15) is 5.03 Å². The summed E-state index contributed by atoms with van der Waals surface area (Å²) in [6, 6.07) is 7.69. The highest BCUT2D eigenvalue weighted by atomic mass is 32.2. The van der Waals surface area contributed by atoms with E-state index in [0.29, 0.717) is 10.6 Å². The van der Waals surface area contributed by atoms with E-state index in [1.54, 1.807) is 0 Å². The number of alkyl halides is 3. The molecule has 0 unspecified atom stereocenters. The van der Waals surface area contributed by atoms with Crippen molar-refractivity contribution in [1.82, 2.24) is 9.71 Å². The fourth-order valence-corrected chi connectivity index (χ4v) is 2.39. The molecule has 116 valence electrons. The highest BCUT2D eigenvalue weighted by molar-refractivity contribution is 7.97. The molecule has 0 saturated heterocycles. The SMILES string of the molecule is O=C(O)c1cccnc1SNCc1ccc(C(F)(F)F)cc1. The van der Waals surface area contributed by atoms with Gasteiger partial charge in [0.15, 0.2) is 0 Å². The molecule has 2 rings (SSSR count). The summed E-state index contributed by atoms with van der Waals surface area (Å²) in [6.07, 6.45) is -2.89. The molecule has 0 spiro atoms. The molecule has 0 aliphatic carbocycles. The lowest BCUT2D eigenvalue weighted by atomic mass is 10.1. The number of carboxylic acid groups (broad SMARTS) is 1. The molecule has 8 heteroatoms. The van der Waals surface area contributed by atoms with Crippen molar-refractivity contribution in [3.8, 4) is 0 Å². The minimum Gasteiger partial charge on any atom is -0.478 e. The molecule has 2 aromatic rings. The number of aromatic nitrogens is 1. The zero-order valence-corrected chi connectivity index (χ0v) is 11.9. The van der Waals surface area contributed by atoms with Crippen LogP contribution in [0.25, 0.3) is 0 Å². The molecular formula is C14H11F3N2O2S. The summed E-state index contributed by atoms with van der Waals surface area (Å²) in [6.45, 7) is 0.276. The van der Waals surface area contributed by atoms with E-state index in [1.807, 2.05) is 0 Å². The lowest BCUT2D eigenvalue weighted by Gasteiger charge is -2.08. The van der Waals surface area contributed by atoms with E-state index < -0.39 is 17.7 Å². The van der Waals surface area contributed by atoms with Gasteiger partial charge in [-0.15, -0.1) is 0 Å². The van der Waals surface area contributed by atoms with Crippen LogP contribution in [0.15, 0.2) is 47.6 Å². The van der Waals surface area contributed by atoms with Gasteiger partial charge in [0.05, 0.1) is 11.1 Å².